The Morgan fingerprint density at radius 1 is 1.41 bits per heavy atom. The van der Waals surface area contributed by atoms with Crippen LogP contribution in [0.25, 0.3) is 0 Å². The highest BCUT2D eigenvalue weighted by molar-refractivity contribution is 5.92. The Hall–Kier alpha value is -1.58. The van der Waals surface area contributed by atoms with Gasteiger partial charge in [-0.25, -0.2) is 4.98 Å². The Morgan fingerprint density at radius 3 is 2.82 bits per heavy atom. The molecular formula is C13H21N3O. The van der Waals surface area contributed by atoms with Gasteiger partial charge in [0.05, 0.1) is 0 Å². The first-order chi connectivity index (χ1) is 8.19. The van der Waals surface area contributed by atoms with E-state index in [1.54, 1.807) is 18.0 Å². The van der Waals surface area contributed by atoms with Crippen LogP contribution >= 0.6 is 0 Å². The number of nitrogens with zero attached hydrogens (tertiary/aromatic N) is 2. The van der Waals surface area contributed by atoms with Crippen LogP contribution in [-0.2, 0) is 0 Å². The second-order valence-corrected chi connectivity index (χ2v) is 4.09. The molecule has 1 aromatic rings. The van der Waals surface area contributed by atoms with E-state index in [0.29, 0.717) is 5.69 Å². The van der Waals surface area contributed by atoms with Crippen LogP contribution in [0.3, 0.4) is 0 Å². The molecule has 1 aromatic heterocycles. The molecule has 0 aliphatic carbocycles. The first-order valence-electron chi connectivity index (χ1n) is 6.09. The lowest BCUT2D eigenvalue weighted by Crippen LogP contribution is -2.28. The molecule has 0 saturated carbocycles. The van der Waals surface area contributed by atoms with Gasteiger partial charge >= 0.3 is 0 Å². The SMILES string of the molecule is CCCCCN(C)C(=O)c1cccc(NC)n1. The minimum Gasteiger partial charge on any atom is -0.373 e. The van der Waals surface area contributed by atoms with Crippen molar-refractivity contribution in [3.8, 4) is 0 Å². The Labute approximate surface area is 103 Å². The minimum absolute atomic E-state index is 0.0156. The molecule has 0 aliphatic heterocycles. The van der Waals surface area contributed by atoms with Crippen molar-refractivity contribution in [2.75, 3.05) is 26.0 Å². The lowest BCUT2D eigenvalue weighted by molar-refractivity contribution is 0.0787. The van der Waals surface area contributed by atoms with Crippen molar-refractivity contribution < 1.29 is 4.79 Å². The highest BCUT2D eigenvalue weighted by atomic mass is 16.2. The number of carbonyl (C=O) groups is 1. The number of unbranched alkanes of at least 4 members (excludes halogenated alkanes) is 2. The average molecular weight is 235 g/mol. The molecular weight excluding hydrogens is 214 g/mol. The van der Waals surface area contributed by atoms with Crippen LogP contribution in [0, 0.1) is 0 Å². The van der Waals surface area contributed by atoms with E-state index in [2.05, 4.69) is 17.2 Å². The van der Waals surface area contributed by atoms with Crippen LogP contribution in [0.15, 0.2) is 18.2 Å². The fourth-order valence-corrected chi connectivity index (χ4v) is 1.59. The van der Waals surface area contributed by atoms with Crippen molar-refractivity contribution in [1.82, 2.24) is 9.88 Å². The molecule has 1 rings (SSSR count). The van der Waals surface area contributed by atoms with Crippen molar-refractivity contribution in [3.05, 3.63) is 23.9 Å². The second kappa shape index (κ2) is 6.89. The van der Waals surface area contributed by atoms with Crippen LogP contribution in [0.1, 0.15) is 36.7 Å². The standard InChI is InChI=1S/C13H21N3O/c1-4-5-6-10-16(3)13(17)11-8-7-9-12(14-2)15-11/h7-9H,4-6,10H2,1-3H3,(H,14,15). The van der Waals surface area contributed by atoms with Gasteiger partial charge in [0.2, 0.25) is 0 Å². The largest absolute Gasteiger partial charge is 0.373 e. The van der Waals surface area contributed by atoms with Crippen LogP contribution < -0.4 is 5.32 Å². The molecule has 0 aromatic carbocycles. The number of pyridine rings is 1. The number of anilines is 1. The molecule has 17 heavy (non-hydrogen) atoms. The van der Waals surface area contributed by atoms with Gasteiger partial charge in [0.25, 0.3) is 5.91 Å². The molecule has 0 spiro atoms. The lowest BCUT2D eigenvalue weighted by atomic mass is 10.2. The van der Waals surface area contributed by atoms with E-state index < -0.39 is 0 Å². The molecule has 4 heteroatoms. The van der Waals surface area contributed by atoms with Gasteiger partial charge < -0.3 is 10.2 Å². The topological polar surface area (TPSA) is 45.2 Å². The number of amides is 1. The summed E-state index contributed by atoms with van der Waals surface area (Å²) >= 11 is 0. The normalized spacial score (nSPS) is 10.1. The zero-order valence-corrected chi connectivity index (χ0v) is 10.9. The smallest absolute Gasteiger partial charge is 0.272 e. The Bertz CT molecular complexity index is 365. The summed E-state index contributed by atoms with van der Waals surface area (Å²) in [6, 6.07) is 5.43. The number of aromatic nitrogens is 1. The van der Waals surface area contributed by atoms with Crippen molar-refractivity contribution in [2.24, 2.45) is 0 Å². The highest BCUT2D eigenvalue weighted by Crippen LogP contribution is 2.07. The van der Waals surface area contributed by atoms with Gasteiger partial charge in [0.1, 0.15) is 11.5 Å². The number of nitrogens with one attached hydrogen (secondary N) is 1. The fourth-order valence-electron chi connectivity index (χ4n) is 1.59. The summed E-state index contributed by atoms with van der Waals surface area (Å²) in [6.45, 7) is 2.94. The first-order valence-corrected chi connectivity index (χ1v) is 6.09. The molecule has 94 valence electrons. The summed E-state index contributed by atoms with van der Waals surface area (Å²) in [5, 5.41) is 2.93. The van der Waals surface area contributed by atoms with Crippen LogP contribution in [-0.4, -0.2) is 36.4 Å². The molecule has 0 radical (unpaired) electrons. The minimum atomic E-state index is -0.0156. The fraction of sp³-hybridized carbons (Fsp3) is 0.538. The van der Waals surface area contributed by atoms with Gasteiger partial charge in [0.15, 0.2) is 0 Å². The molecule has 0 aliphatic rings. The maximum atomic E-state index is 12.0. The van der Waals surface area contributed by atoms with Crippen molar-refractivity contribution in [2.45, 2.75) is 26.2 Å². The zero-order valence-electron chi connectivity index (χ0n) is 10.9. The van der Waals surface area contributed by atoms with Crippen LogP contribution in [0.2, 0.25) is 0 Å². The summed E-state index contributed by atoms with van der Waals surface area (Å²) in [5.74, 6) is 0.705. The van der Waals surface area contributed by atoms with E-state index in [4.69, 9.17) is 0 Å². The lowest BCUT2D eigenvalue weighted by Gasteiger charge is -2.16. The summed E-state index contributed by atoms with van der Waals surface area (Å²) in [5.41, 5.74) is 0.496. The molecule has 1 N–H and O–H groups in total. The summed E-state index contributed by atoms with van der Waals surface area (Å²) in [4.78, 5) is 18.0. The third-order valence-corrected chi connectivity index (χ3v) is 2.67. The van der Waals surface area contributed by atoms with E-state index in [1.807, 2.05) is 19.2 Å². The van der Waals surface area contributed by atoms with Gasteiger partial charge in [-0.15, -0.1) is 0 Å². The molecule has 0 unspecified atom stereocenters. The van der Waals surface area contributed by atoms with Gasteiger partial charge in [-0.3, -0.25) is 4.79 Å². The van der Waals surface area contributed by atoms with Gasteiger partial charge in [0, 0.05) is 20.6 Å². The molecule has 1 heterocycles. The maximum Gasteiger partial charge on any atom is 0.272 e. The maximum absolute atomic E-state index is 12.0. The second-order valence-electron chi connectivity index (χ2n) is 4.09. The highest BCUT2D eigenvalue weighted by Gasteiger charge is 2.12. The number of hydrogen-bond donors (Lipinski definition) is 1. The molecule has 0 bridgehead atoms. The number of rotatable bonds is 6. The monoisotopic (exact) mass is 235 g/mol. The average Bonchev–Trinajstić information content (AvgIpc) is 2.38. The molecule has 4 nitrogen and oxygen atoms in total. The summed E-state index contributed by atoms with van der Waals surface area (Å²) < 4.78 is 0. The van der Waals surface area contributed by atoms with Crippen LogP contribution in [0.5, 0.6) is 0 Å². The quantitative estimate of drug-likeness (QED) is 0.770. The van der Waals surface area contributed by atoms with Crippen LogP contribution in [0.4, 0.5) is 5.82 Å². The van der Waals surface area contributed by atoms with E-state index in [0.717, 1.165) is 31.6 Å². The number of carbonyl (C=O) groups excluding carboxylic acids is 1. The third-order valence-electron chi connectivity index (χ3n) is 2.67. The zero-order chi connectivity index (χ0) is 12.7. The molecule has 0 saturated heterocycles. The Balaban J connectivity index is 2.61. The van der Waals surface area contributed by atoms with Gasteiger partial charge in [-0.2, -0.15) is 0 Å². The molecule has 1 amide bonds. The predicted molar refractivity (Wildman–Crippen MR) is 70.3 cm³/mol. The third kappa shape index (κ3) is 4.06. The van der Waals surface area contributed by atoms with E-state index in [-0.39, 0.29) is 5.91 Å². The van der Waals surface area contributed by atoms with Gasteiger partial charge in [-0.1, -0.05) is 25.8 Å². The van der Waals surface area contributed by atoms with E-state index in [9.17, 15) is 4.79 Å². The Morgan fingerprint density at radius 2 is 2.18 bits per heavy atom. The molecule has 0 atom stereocenters. The summed E-state index contributed by atoms with van der Waals surface area (Å²) in [7, 11) is 3.62. The van der Waals surface area contributed by atoms with Crippen molar-refractivity contribution in [3.63, 3.8) is 0 Å². The van der Waals surface area contributed by atoms with Crippen molar-refractivity contribution >= 4 is 11.7 Å². The first kappa shape index (κ1) is 13.5. The predicted octanol–water partition coefficient (Wildman–Crippen LogP) is 2.39. The van der Waals surface area contributed by atoms with E-state index in [1.165, 1.54) is 0 Å². The summed E-state index contributed by atoms with van der Waals surface area (Å²) in [6.07, 6.45) is 3.36. The van der Waals surface area contributed by atoms with Gasteiger partial charge in [-0.05, 0) is 18.6 Å². The number of hydrogen-bond acceptors (Lipinski definition) is 3. The Kier molecular flexibility index (Phi) is 5.46. The van der Waals surface area contributed by atoms with E-state index >= 15 is 0 Å². The van der Waals surface area contributed by atoms with Crippen molar-refractivity contribution in [1.29, 1.82) is 0 Å². The molecule has 0 fully saturated rings.